The Morgan fingerprint density at radius 1 is 0.950 bits per heavy atom. The molecule has 9 heteroatoms. The molecule has 4 aromatic rings. The van der Waals surface area contributed by atoms with Gasteiger partial charge in [0.1, 0.15) is 24.2 Å². The highest BCUT2D eigenvalue weighted by atomic mass is 19.1. The molecule has 0 saturated carbocycles. The van der Waals surface area contributed by atoms with Crippen molar-refractivity contribution in [1.82, 2.24) is 25.3 Å². The molecular weight excluding hydrogens is 505 g/mol. The van der Waals surface area contributed by atoms with E-state index in [2.05, 4.69) is 43.1 Å². The molecule has 1 fully saturated rings. The van der Waals surface area contributed by atoms with E-state index in [0.717, 1.165) is 42.8 Å². The Kier molecular flexibility index (Phi) is 8.27. The normalized spacial score (nSPS) is 14.7. The minimum absolute atomic E-state index is 0.124. The Bertz CT molecular complexity index is 1490. The Morgan fingerprint density at radius 3 is 2.40 bits per heavy atom. The van der Waals surface area contributed by atoms with Crippen molar-refractivity contribution in [2.24, 2.45) is 0 Å². The summed E-state index contributed by atoms with van der Waals surface area (Å²) in [6.45, 7) is 7.82. The molecule has 1 aliphatic rings. The van der Waals surface area contributed by atoms with Crippen LogP contribution < -0.4 is 15.0 Å². The zero-order valence-corrected chi connectivity index (χ0v) is 22.9. The number of nitrogens with zero attached hydrogens (tertiary/aromatic N) is 6. The summed E-state index contributed by atoms with van der Waals surface area (Å²) in [5.41, 5.74) is 3.96. The fourth-order valence-corrected chi connectivity index (χ4v) is 5.10. The minimum Gasteiger partial charge on any atom is -0.451 e. The van der Waals surface area contributed by atoms with Crippen LogP contribution in [0.15, 0.2) is 67.5 Å². The van der Waals surface area contributed by atoms with Gasteiger partial charge in [-0.1, -0.05) is 26.0 Å². The first kappa shape index (κ1) is 27.2. The number of piperidine rings is 1. The lowest BCUT2D eigenvalue weighted by Gasteiger charge is -2.35. The fraction of sp³-hybridized carbons (Fsp3) is 0.323. The first-order chi connectivity index (χ1) is 19.4. The highest BCUT2D eigenvalue weighted by molar-refractivity contribution is 5.73. The van der Waals surface area contributed by atoms with Crippen molar-refractivity contribution in [2.45, 2.75) is 51.6 Å². The van der Waals surface area contributed by atoms with Crippen LogP contribution in [0.3, 0.4) is 0 Å². The van der Waals surface area contributed by atoms with Crippen LogP contribution in [0.25, 0.3) is 11.1 Å². The predicted molar refractivity (Wildman–Crippen MR) is 152 cm³/mol. The number of benzene rings is 2. The second-order valence-corrected chi connectivity index (χ2v) is 10.3. The van der Waals surface area contributed by atoms with Gasteiger partial charge < -0.3 is 15.0 Å². The van der Waals surface area contributed by atoms with E-state index >= 15 is 0 Å². The Labute approximate surface area is 233 Å². The molecule has 0 bridgehead atoms. The zero-order valence-electron chi connectivity index (χ0n) is 22.9. The molecule has 3 heterocycles. The standard InChI is InChI=1S/C31H32FN7O/c1-20(2)30-27(16-34-18-36-30)26-14-24(32)8-9-28(26)40-29-17-35-19-37-31(29)39-12-10-25(11-13-39)38-21(3)23-6-4-22(15-33)5-7-23/h4-9,14,16-21,25,38H,10-13H2,1-3H3. The van der Waals surface area contributed by atoms with Crippen molar-refractivity contribution in [3.05, 3.63) is 90.2 Å². The molecule has 1 N–H and O–H groups in total. The van der Waals surface area contributed by atoms with Crippen LogP contribution in [0, 0.1) is 17.1 Å². The van der Waals surface area contributed by atoms with E-state index in [0.29, 0.717) is 34.5 Å². The fourth-order valence-electron chi connectivity index (χ4n) is 5.10. The first-order valence-electron chi connectivity index (χ1n) is 13.5. The van der Waals surface area contributed by atoms with E-state index in [1.54, 1.807) is 18.5 Å². The molecule has 1 atom stereocenters. The molecule has 0 radical (unpaired) electrons. The van der Waals surface area contributed by atoms with E-state index < -0.39 is 0 Å². The van der Waals surface area contributed by atoms with E-state index in [1.165, 1.54) is 24.8 Å². The maximum absolute atomic E-state index is 14.4. The lowest BCUT2D eigenvalue weighted by Crippen LogP contribution is -2.43. The second-order valence-electron chi connectivity index (χ2n) is 10.3. The maximum Gasteiger partial charge on any atom is 0.188 e. The molecule has 2 aromatic heterocycles. The van der Waals surface area contributed by atoms with Gasteiger partial charge in [0, 0.05) is 42.5 Å². The average Bonchev–Trinajstić information content (AvgIpc) is 2.99. The quantitative estimate of drug-likeness (QED) is 0.284. The van der Waals surface area contributed by atoms with Gasteiger partial charge in [0.2, 0.25) is 0 Å². The topological polar surface area (TPSA) is 99.8 Å². The smallest absolute Gasteiger partial charge is 0.188 e. The number of hydrogen-bond donors (Lipinski definition) is 1. The van der Waals surface area contributed by atoms with Gasteiger partial charge in [-0.2, -0.15) is 5.26 Å². The number of anilines is 1. The van der Waals surface area contributed by atoms with Gasteiger partial charge in [0.15, 0.2) is 11.6 Å². The highest BCUT2D eigenvalue weighted by Crippen LogP contribution is 2.39. The van der Waals surface area contributed by atoms with E-state index in [-0.39, 0.29) is 17.8 Å². The molecule has 5 rings (SSSR count). The number of aromatic nitrogens is 4. The molecule has 1 aliphatic heterocycles. The summed E-state index contributed by atoms with van der Waals surface area (Å²) >= 11 is 0. The molecule has 1 unspecified atom stereocenters. The van der Waals surface area contributed by atoms with Gasteiger partial charge in [0.25, 0.3) is 0 Å². The number of nitrogens with one attached hydrogen (secondary N) is 1. The maximum atomic E-state index is 14.4. The van der Waals surface area contributed by atoms with Crippen molar-refractivity contribution in [1.29, 1.82) is 5.26 Å². The van der Waals surface area contributed by atoms with Crippen LogP contribution in [-0.4, -0.2) is 39.1 Å². The molecule has 2 aromatic carbocycles. The number of halogens is 1. The van der Waals surface area contributed by atoms with Crippen molar-refractivity contribution in [3.63, 3.8) is 0 Å². The van der Waals surface area contributed by atoms with Crippen LogP contribution in [0.5, 0.6) is 11.5 Å². The van der Waals surface area contributed by atoms with Gasteiger partial charge in [-0.3, -0.25) is 0 Å². The van der Waals surface area contributed by atoms with Crippen molar-refractivity contribution >= 4 is 5.82 Å². The van der Waals surface area contributed by atoms with E-state index in [1.807, 2.05) is 38.1 Å². The summed E-state index contributed by atoms with van der Waals surface area (Å²) < 4.78 is 20.8. The molecule has 40 heavy (non-hydrogen) atoms. The van der Waals surface area contributed by atoms with Crippen molar-refractivity contribution in [3.8, 4) is 28.7 Å². The SMILES string of the molecule is CC(C)c1ncncc1-c1cc(F)ccc1Oc1cncnc1N1CCC(NC(C)c2ccc(C#N)cc2)CC1. The van der Waals surface area contributed by atoms with E-state index in [9.17, 15) is 4.39 Å². The third-order valence-electron chi connectivity index (χ3n) is 7.22. The molecule has 0 amide bonds. The van der Waals surface area contributed by atoms with Crippen LogP contribution in [-0.2, 0) is 0 Å². The third kappa shape index (κ3) is 6.08. The van der Waals surface area contributed by atoms with E-state index in [4.69, 9.17) is 10.00 Å². The van der Waals surface area contributed by atoms with Gasteiger partial charge >= 0.3 is 0 Å². The Balaban J connectivity index is 1.31. The largest absolute Gasteiger partial charge is 0.451 e. The summed E-state index contributed by atoms with van der Waals surface area (Å²) in [4.78, 5) is 19.6. The number of rotatable bonds is 8. The molecule has 0 aliphatic carbocycles. The monoisotopic (exact) mass is 537 g/mol. The van der Waals surface area contributed by atoms with Gasteiger partial charge in [0.05, 0.1) is 23.5 Å². The van der Waals surface area contributed by atoms with Crippen molar-refractivity contribution in [2.75, 3.05) is 18.0 Å². The molecule has 204 valence electrons. The predicted octanol–water partition coefficient (Wildman–Crippen LogP) is 6.18. The summed E-state index contributed by atoms with van der Waals surface area (Å²) in [6.07, 6.45) is 8.25. The second kappa shape index (κ2) is 12.2. The summed E-state index contributed by atoms with van der Waals surface area (Å²) in [7, 11) is 0. The molecular formula is C31H32FN7O. The highest BCUT2D eigenvalue weighted by Gasteiger charge is 2.25. The number of hydrogen-bond acceptors (Lipinski definition) is 8. The summed E-state index contributed by atoms with van der Waals surface area (Å²) in [6, 6.07) is 14.9. The van der Waals surface area contributed by atoms with Crippen LogP contribution in [0.2, 0.25) is 0 Å². The van der Waals surface area contributed by atoms with Gasteiger partial charge in [-0.25, -0.2) is 24.3 Å². The summed E-state index contributed by atoms with van der Waals surface area (Å²) in [5.74, 6) is 1.46. The van der Waals surface area contributed by atoms with Crippen molar-refractivity contribution < 1.29 is 9.13 Å². The van der Waals surface area contributed by atoms with Gasteiger partial charge in [-0.15, -0.1) is 0 Å². The lowest BCUT2D eigenvalue weighted by atomic mass is 9.98. The number of nitriles is 1. The zero-order chi connectivity index (χ0) is 28.1. The lowest BCUT2D eigenvalue weighted by molar-refractivity contribution is 0.377. The molecule has 0 spiro atoms. The molecule has 8 nitrogen and oxygen atoms in total. The third-order valence-corrected chi connectivity index (χ3v) is 7.22. The minimum atomic E-state index is -0.366. The van der Waals surface area contributed by atoms with Crippen LogP contribution in [0.1, 0.15) is 62.4 Å². The first-order valence-corrected chi connectivity index (χ1v) is 13.5. The average molecular weight is 538 g/mol. The Morgan fingerprint density at radius 2 is 1.68 bits per heavy atom. The molecule has 1 saturated heterocycles. The summed E-state index contributed by atoms with van der Waals surface area (Å²) in [5, 5.41) is 12.8. The van der Waals surface area contributed by atoms with Crippen LogP contribution >= 0.6 is 0 Å². The number of ether oxygens (including phenoxy) is 1. The Hall–Kier alpha value is -4.42. The van der Waals surface area contributed by atoms with Crippen LogP contribution in [0.4, 0.5) is 10.2 Å². The van der Waals surface area contributed by atoms with Gasteiger partial charge in [-0.05, 0) is 61.6 Å².